The standard InChI is InChI=1S/C19H24N6O2S/c1-13-3-6-16(11-14(13)2)25-19(20-21-22-25)28-12-17(26)23-7-9-24(10-8-23)18(27)15-4-5-15/h3,6,11,15H,4-5,7-10,12H2,1-2H3. The van der Waals surface area contributed by atoms with Gasteiger partial charge in [-0.2, -0.15) is 4.68 Å². The second kappa shape index (κ2) is 7.90. The van der Waals surface area contributed by atoms with E-state index < -0.39 is 0 Å². The number of tetrazole rings is 1. The Bertz CT molecular complexity index is 886. The highest BCUT2D eigenvalue weighted by Gasteiger charge is 2.35. The minimum Gasteiger partial charge on any atom is -0.339 e. The maximum Gasteiger partial charge on any atom is 0.233 e. The van der Waals surface area contributed by atoms with Crippen molar-refractivity contribution in [3.8, 4) is 5.69 Å². The van der Waals surface area contributed by atoms with Gasteiger partial charge in [0.1, 0.15) is 0 Å². The minimum absolute atomic E-state index is 0.0538. The predicted molar refractivity (Wildman–Crippen MR) is 105 cm³/mol. The zero-order chi connectivity index (χ0) is 19.7. The van der Waals surface area contributed by atoms with E-state index in [0.29, 0.717) is 31.3 Å². The van der Waals surface area contributed by atoms with Crippen LogP contribution in [0.15, 0.2) is 23.4 Å². The molecule has 4 rings (SSSR count). The molecule has 1 aromatic carbocycles. The van der Waals surface area contributed by atoms with Crippen molar-refractivity contribution >= 4 is 23.6 Å². The first-order valence-electron chi connectivity index (χ1n) is 9.58. The quantitative estimate of drug-likeness (QED) is 0.707. The van der Waals surface area contributed by atoms with Crippen LogP contribution >= 0.6 is 11.8 Å². The molecule has 1 saturated carbocycles. The van der Waals surface area contributed by atoms with Crippen molar-refractivity contribution in [3.63, 3.8) is 0 Å². The van der Waals surface area contributed by atoms with Gasteiger partial charge in [-0.15, -0.1) is 5.10 Å². The zero-order valence-electron chi connectivity index (χ0n) is 16.2. The summed E-state index contributed by atoms with van der Waals surface area (Å²) in [6.45, 7) is 6.57. The fourth-order valence-electron chi connectivity index (χ4n) is 3.27. The highest BCUT2D eigenvalue weighted by Crippen LogP contribution is 2.31. The van der Waals surface area contributed by atoms with Gasteiger partial charge in [-0.3, -0.25) is 9.59 Å². The van der Waals surface area contributed by atoms with Gasteiger partial charge in [0.15, 0.2) is 0 Å². The van der Waals surface area contributed by atoms with E-state index in [1.807, 2.05) is 34.9 Å². The number of nitrogens with zero attached hydrogens (tertiary/aromatic N) is 6. The summed E-state index contributed by atoms with van der Waals surface area (Å²) in [7, 11) is 0. The monoisotopic (exact) mass is 400 g/mol. The number of amides is 2. The molecule has 148 valence electrons. The molecule has 0 bridgehead atoms. The average Bonchev–Trinajstić information content (AvgIpc) is 3.46. The van der Waals surface area contributed by atoms with Gasteiger partial charge in [0.25, 0.3) is 0 Å². The molecule has 2 aliphatic rings. The molecule has 9 heteroatoms. The fraction of sp³-hybridized carbons (Fsp3) is 0.526. The molecule has 2 aromatic rings. The number of thioether (sulfide) groups is 1. The summed E-state index contributed by atoms with van der Waals surface area (Å²) in [4.78, 5) is 28.4. The molecule has 1 aliphatic heterocycles. The maximum absolute atomic E-state index is 12.6. The Hall–Kier alpha value is -2.42. The lowest BCUT2D eigenvalue weighted by atomic mass is 10.1. The molecule has 0 spiro atoms. The van der Waals surface area contributed by atoms with Crippen molar-refractivity contribution in [3.05, 3.63) is 29.3 Å². The molecule has 2 fully saturated rings. The Morgan fingerprint density at radius 1 is 1.07 bits per heavy atom. The number of carbonyl (C=O) groups is 2. The lowest BCUT2D eigenvalue weighted by molar-refractivity contribution is -0.139. The van der Waals surface area contributed by atoms with Gasteiger partial charge in [0.2, 0.25) is 17.0 Å². The summed E-state index contributed by atoms with van der Waals surface area (Å²) in [5.41, 5.74) is 3.26. The highest BCUT2D eigenvalue weighted by molar-refractivity contribution is 7.99. The van der Waals surface area contributed by atoms with Gasteiger partial charge in [-0.1, -0.05) is 17.8 Å². The lowest BCUT2D eigenvalue weighted by Crippen LogP contribution is -2.51. The summed E-state index contributed by atoms with van der Waals surface area (Å²) in [6, 6.07) is 6.04. The van der Waals surface area contributed by atoms with Crippen LogP contribution in [0.4, 0.5) is 0 Å². The summed E-state index contributed by atoms with van der Waals surface area (Å²) in [5, 5.41) is 12.5. The first kappa shape index (κ1) is 18.9. The van der Waals surface area contributed by atoms with Gasteiger partial charge in [0.05, 0.1) is 11.4 Å². The van der Waals surface area contributed by atoms with Crippen LogP contribution in [-0.2, 0) is 9.59 Å². The highest BCUT2D eigenvalue weighted by atomic mass is 32.2. The van der Waals surface area contributed by atoms with E-state index in [9.17, 15) is 9.59 Å². The van der Waals surface area contributed by atoms with Crippen molar-refractivity contribution < 1.29 is 9.59 Å². The Kier molecular flexibility index (Phi) is 5.34. The Morgan fingerprint density at radius 2 is 1.79 bits per heavy atom. The number of carbonyl (C=O) groups excluding carboxylic acids is 2. The molecule has 8 nitrogen and oxygen atoms in total. The minimum atomic E-state index is 0.0538. The SMILES string of the molecule is Cc1ccc(-n2nnnc2SCC(=O)N2CCN(C(=O)C3CC3)CC2)cc1C. The zero-order valence-corrected chi connectivity index (χ0v) is 17.0. The predicted octanol–water partition coefficient (Wildman–Crippen LogP) is 1.45. The van der Waals surface area contributed by atoms with Crippen LogP contribution < -0.4 is 0 Å². The first-order chi connectivity index (χ1) is 13.5. The van der Waals surface area contributed by atoms with Crippen LogP contribution in [0.5, 0.6) is 0 Å². The third-order valence-corrected chi connectivity index (χ3v) is 6.28. The summed E-state index contributed by atoms with van der Waals surface area (Å²) >= 11 is 1.34. The molecule has 1 aliphatic carbocycles. The molecule has 2 heterocycles. The van der Waals surface area contributed by atoms with Crippen LogP contribution in [-0.4, -0.2) is 73.8 Å². The summed E-state index contributed by atoms with van der Waals surface area (Å²) in [5.74, 6) is 0.830. The lowest BCUT2D eigenvalue weighted by Gasteiger charge is -2.34. The molecule has 0 unspecified atom stereocenters. The van der Waals surface area contributed by atoms with E-state index in [2.05, 4.69) is 22.4 Å². The van der Waals surface area contributed by atoms with Crippen LogP contribution in [0, 0.1) is 19.8 Å². The molecule has 0 N–H and O–H groups in total. The molecule has 28 heavy (non-hydrogen) atoms. The van der Waals surface area contributed by atoms with E-state index in [-0.39, 0.29) is 23.5 Å². The largest absolute Gasteiger partial charge is 0.339 e. The van der Waals surface area contributed by atoms with E-state index >= 15 is 0 Å². The van der Waals surface area contributed by atoms with Crippen molar-refractivity contribution in [2.45, 2.75) is 31.8 Å². The number of rotatable bonds is 5. The topological polar surface area (TPSA) is 84.2 Å². The molecule has 2 amide bonds. The number of hydrogen-bond acceptors (Lipinski definition) is 6. The van der Waals surface area contributed by atoms with Gasteiger partial charge in [-0.05, 0) is 60.4 Å². The van der Waals surface area contributed by atoms with Gasteiger partial charge in [0, 0.05) is 32.1 Å². The number of piperazine rings is 1. The van der Waals surface area contributed by atoms with E-state index in [1.54, 1.807) is 4.68 Å². The Balaban J connectivity index is 1.33. The summed E-state index contributed by atoms with van der Waals surface area (Å²) in [6.07, 6.45) is 2.04. The van der Waals surface area contributed by atoms with E-state index in [4.69, 9.17) is 0 Å². The summed E-state index contributed by atoms with van der Waals surface area (Å²) < 4.78 is 1.66. The van der Waals surface area contributed by atoms with Crippen molar-refractivity contribution in [1.29, 1.82) is 0 Å². The number of hydrogen-bond donors (Lipinski definition) is 0. The fourth-order valence-corrected chi connectivity index (χ4v) is 4.06. The number of aryl methyl sites for hydroxylation is 2. The average molecular weight is 401 g/mol. The van der Waals surface area contributed by atoms with Crippen LogP contribution in [0.1, 0.15) is 24.0 Å². The number of benzene rings is 1. The molecule has 1 aromatic heterocycles. The molecule has 0 atom stereocenters. The second-order valence-corrected chi connectivity index (χ2v) is 8.35. The van der Waals surface area contributed by atoms with Gasteiger partial charge >= 0.3 is 0 Å². The third-order valence-electron chi connectivity index (χ3n) is 5.37. The Morgan fingerprint density at radius 3 is 2.46 bits per heavy atom. The van der Waals surface area contributed by atoms with Crippen molar-refractivity contribution in [2.24, 2.45) is 5.92 Å². The first-order valence-corrected chi connectivity index (χ1v) is 10.6. The van der Waals surface area contributed by atoms with E-state index in [1.165, 1.54) is 22.9 Å². The number of aromatic nitrogens is 4. The third kappa shape index (κ3) is 4.04. The molecule has 1 saturated heterocycles. The van der Waals surface area contributed by atoms with Gasteiger partial charge in [-0.25, -0.2) is 0 Å². The van der Waals surface area contributed by atoms with Crippen LogP contribution in [0.2, 0.25) is 0 Å². The van der Waals surface area contributed by atoms with Crippen LogP contribution in [0.3, 0.4) is 0 Å². The molecule has 0 radical (unpaired) electrons. The Labute approximate surface area is 168 Å². The van der Waals surface area contributed by atoms with Gasteiger partial charge < -0.3 is 9.80 Å². The molecular weight excluding hydrogens is 376 g/mol. The maximum atomic E-state index is 12.6. The second-order valence-electron chi connectivity index (χ2n) is 7.41. The molecular formula is C19H24N6O2S. The normalized spacial score (nSPS) is 17.1. The van der Waals surface area contributed by atoms with Crippen LogP contribution in [0.25, 0.3) is 5.69 Å². The van der Waals surface area contributed by atoms with E-state index in [0.717, 1.165) is 18.5 Å². The smallest absolute Gasteiger partial charge is 0.233 e. The van der Waals surface area contributed by atoms with Crippen molar-refractivity contribution in [1.82, 2.24) is 30.0 Å². The van der Waals surface area contributed by atoms with Crippen molar-refractivity contribution in [2.75, 3.05) is 31.9 Å².